The highest BCUT2D eigenvalue weighted by Gasteiger charge is 2.13. The van der Waals surface area contributed by atoms with Crippen LogP contribution < -0.4 is 14.8 Å². The third-order valence-electron chi connectivity index (χ3n) is 4.21. The normalized spacial score (nSPS) is 10.8. The third-order valence-corrected chi connectivity index (χ3v) is 4.44. The maximum Gasteiger partial charge on any atom is 0.266 e. The highest BCUT2D eigenvalue weighted by atomic mass is 35.5. The molecule has 0 saturated carbocycles. The molecular weight excluding hydrogens is 400 g/mol. The number of carbonyl (C=O) groups excluding carboxylic acids is 1. The second-order valence-electron chi connectivity index (χ2n) is 6.31. The smallest absolute Gasteiger partial charge is 0.266 e. The summed E-state index contributed by atoms with van der Waals surface area (Å²) in [5, 5.41) is 12.7. The van der Waals surface area contributed by atoms with Gasteiger partial charge in [-0.2, -0.15) is 5.26 Å². The van der Waals surface area contributed by atoms with Crippen LogP contribution in [0.2, 0.25) is 5.02 Å². The van der Waals surface area contributed by atoms with Gasteiger partial charge in [-0.1, -0.05) is 48.0 Å². The molecule has 0 unspecified atom stereocenters. The lowest BCUT2D eigenvalue weighted by Crippen LogP contribution is -2.13. The SMILES string of the molecule is COc1ccc(/C=C(\C#N)C(=O)Nc2cccc(Cl)c2)c(OCc2ccccc2)c1. The first-order chi connectivity index (χ1) is 14.6. The van der Waals surface area contributed by atoms with Crippen LogP contribution in [-0.2, 0) is 11.4 Å². The number of ether oxygens (including phenoxy) is 2. The number of benzene rings is 3. The molecule has 3 aromatic carbocycles. The summed E-state index contributed by atoms with van der Waals surface area (Å²) in [5.41, 5.74) is 2.02. The van der Waals surface area contributed by atoms with Crippen LogP contribution in [0.5, 0.6) is 11.5 Å². The van der Waals surface area contributed by atoms with Crippen LogP contribution in [0.1, 0.15) is 11.1 Å². The molecule has 0 bridgehead atoms. The number of halogens is 1. The molecule has 3 aromatic rings. The number of carbonyl (C=O) groups is 1. The second-order valence-corrected chi connectivity index (χ2v) is 6.75. The van der Waals surface area contributed by atoms with E-state index in [1.807, 2.05) is 36.4 Å². The third kappa shape index (κ3) is 5.63. The number of nitrogens with zero attached hydrogens (tertiary/aromatic N) is 1. The van der Waals surface area contributed by atoms with Crippen LogP contribution >= 0.6 is 11.6 Å². The van der Waals surface area contributed by atoms with E-state index < -0.39 is 5.91 Å². The molecule has 0 heterocycles. The lowest BCUT2D eigenvalue weighted by Gasteiger charge is -2.12. The van der Waals surface area contributed by atoms with Gasteiger partial charge in [0, 0.05) is 22.3 Å². The Bertz CT molecular complexity index is 1100. The van der Waals surface area contributed by atoms with Crippen molar-refractivity contribution in [2.45, 2.75) is 6.61 Å². The van der Waals surface area contributed by atoms with E-state index in [1.165, 1.54) is 6.08 Å². The predicted molar refractivity (Wildman–Crippen MR) is 117 cm³/mol. The lowest BCUT2D eigenvalue weighted by atomic mass is 10.1. The molecule has 1 amide bonds. The summed E-state index contributed by atoms with van der Waals surface area (Å²) in [6, 6.07) is 23.6. The average molecular weight is 419 g/mol. The first-order valence-corrected chi connectivity index (χ1v) is 9.50. The van der Waals surface area contributed by atoms with Crippen LogP contribution in [-0.4, -0.2) is 13.0 Å². The molecule has 0 fully saturated rings. The molecule has 0 aliphatic heterocycles. The van der Waals surface area contributed by atoms with Crippen LogP contribution in [0, 0.1) is 11.3 Å². The van der Waals surface area contributed by atoms with Crippen molar-refractivity contribution in [1.82, 2.24) is 0 Å². The van der Waals surface area contributed by atoms with Gasteiger partial charge >= 0.3 is 0 Å². The monoisotopic (exact) mass is 418 g/mol. The highest BCUT2D eigenvalue weighted by Crippen LogP contribution is 2.28. The van der Waals surface area contributed by atoms with Crippen molar-refractivity contribution in [3.8, 4) is 17.6 Å². The molecule has 0 aromatic heterocycles. The summed E-state index contributed by atoms with van der Waals surface area (Å²) in [5.74, 6) is 0.572. The topological polar surface area (TPSA) is 71.3 Å². The zero-order chi connectivity index (χ0) is 21.3. The second kappa shape index (κ2) is 10.1. The molecule has 0 spiro atoms. The van der Waals surface area contributed by atoms with Crippen molar-refractivity contribution < 1.29 is 14.3 Å². The number of hydrogen-bond donors (Lipinski definition) is 1. The van der Waals surface area contributed by atoms with Crippen molar-refractivity contribution in [1.29, 1.82) is 5.26 Å². The fourth-order valence-electron chi connectivity index (χ4n) is 2.69. The van der Waals surface area contributed by atoms with E-state index in [0.29, 0.717) is 34.4 Å². The number of rotatable bonds is 7. The molecule has 0 atom stereocenters. The van der Waals surface area contributed by atoms with Crippen molar-refractivity contribution in [3.63, 3.8) is 0 Å². The first-order valence-electron chi connectivity index (χ1n) is 9.12. The van der Waals surface area contributed by atoms with Crippen molar-refractivity contribution >= 4 is 29.3 Å². The van der Waals surface area contributed by atoms with Crippen LogP contribution in [0.4, 0.5) is 5.69 Å². The molecule has 0 aliphatic carbocycles. The van der Waals surface area contributed by atoms with Gasteiger partial charge in [0.1, 0.15) is 29.7 Å². The maximum absolute atomic E-state index is 12.6. The zero-order valence-corrected chi connectivity index (χ0v) is 17.0. The van der Waals surface area contributed by atoms with Gasteiger partial charge < -0.3 is 14.8 Å². The van der Waals surface area contributed by atoms with E-state index in [9.17, 15) is 10.1 Å². The molecule has 30 heavy (non-hydrogen) atoms. The molecule has 0 radical (unpaired) electrons. The predicted octanol–water partition coefficient (Wildman–Crippen LogP) is 5.47. The molecule has 0 aliphatic rings. The Morgan fingerprint density at radius 1 is 1.10 bits per heavy atom. The van der Waals surface area contributed by atoms with E-state index >= 15 is 0 Å². The van der Waals surface area contributed by atoms with Gasteiger partial charge in [0.15, 0.2) is 0 Å². The largest absolute Gasteiger partial charge is 0.497 e. The van der Waals surface area contributed by atoms with Gasteiger partial charge in [-0.25, -0.2) is 0 Å². The Morgan fingerprint density at radius 2 is 1.90 bits per heavy atom. The van der Waals surface area contributed by atoms with E-state index in [-0.39, 0.29) is 5.57 Å². The van der Waals surface area contributed by atoms with E-state index in [1.54, 1.807) is 49.6 Å². The van der Waals surface area contributed by atoms with Crippen LogP contribution in [0.15, 0.2) is 78.4 Å². The maximum atomic E-state index is 12.6. The molecule has 6 heteroatoms. The van der Waals surface area contributed by atoms with Gasteiger partial charge in [0.2, 0.25) is 0 Å². The Labute approximate surface area is 180 Å². The van der Waals surface area contributed by atoms with Crippen LogP contribution in [0.3, 0.4) is 0 Å². The summed E-state index contributed by atoms with van der Waals surface area (Å²) in [6.45, 7) is 0.339. The molecule has 150 valence electrons. The van der Waals surface area contributed by atoms with Gasteiger partial charge in [0.25, 0.3) is 5.91 Å². The van der Waals surface area contributed by atoms with Crippen LogP contribution in [0.25, 0.3) is 6.08 Å². The lowest BCUT2D eigenvalue weighted by molar-refractivity contribution is -0.112. The first kappa shape index (κ1) is 21.0. The standard InChI is InChI=1S/C24H19ClN2O3/c1-29-22-11-10-18(23(14-22)30-16-17-6-3-2-4-7-17)12-19(15-26)24(28)27-21-9-5-8-20(25)13-21/h2-14H,16H2,1H3,(H,27,28)/b19-12+. The minimum absolute atomic E-state index is 0.0651. The van der Waals surface area contributed by atoms with Crippen molar-refractivity contribution in [2.75, 3.05) is 12.4 Å². The molecule has 1 N–H and O–H groups in total. The Kier molecular flexibility index (Phi) is 7.09. The molecular formula is C24H19ClN2O3. The summed E-state index contributed by atoms with van der Waals surface area (Å²) in [4.78, 5) is 12.6. The fourth-order valence-corrected chi connectivity index (χ4v) is 2.88. The van der Waals surface area contributed by atoms with E-state index in [4.69, 9.17) is 21.1 Å². The Hall–Kier alpha value is -3.75. The van der Waals surface area contributed by atoms with Crippen molar-refractivity contribution in [3.05, 3.63) is 94.5 Å². The number of nitriles is 1. The minimum atomic E-state index is -0.537. The summed E-state index contributed by atoms with van der Waals surface area (Å²) < 4.78 is 11.2. The van der Waals surface area contributed by atoms with E-state index in [2.05, 4.69) is 5.32 Å². The minimum Gasteiger partial charge on any atom is -0.497 e. The number of hydrogen-bond acceptors (Lipinski definition) is 4. The number of methoxy groups -OCH3 is 1. The van der Waals surface area contributed by atoms with E-state index in [0.717, 1.165) is 5.56 Å². The Balaban J connectivity index is 1.85. The van der Waals surface area contributed by atoms with Gasteiger partial charge in [0.05, 0.1) is 7.11 Å². The molecule has 5 nitrogen and oxygen atoms in total. The van der Waals surface area contributed by atoms with Gasteiger partial charge in [-0.15, -0.1) is 0 Å². The number of amides is 1. The summed E-state index contributed by atoms with van der Waals surface area (Å²) in [6.07, 6.45) is 1.49. The summed E-state index contributed by atoms with van der Waals surface area (Å²) >= 11 is 5.95. The van der Waals surface area contributed by atoms with Gasteiger partial charge in [-0.3, -0.25) is 4.79 Å². The summed E-state index contributed by atoms with van der Waals surface area (Å²) in [7, 11) is 1.56. The molecule has 0 saturated heterocycles. The zero-order valence-electron chi connectivity index (χ0n) is 16.3. The average Bonchev–Trinajstić information content (AvgIpc) is 2.77. The quantitative estimate of drug-likeness (QED) is 0.407. The Morgan fingerprint density at radius 3 is 2.60 bits per heavy atom. The number of nitrogens with one attached hydrogen (secondary N) is 1. The molecule has 3 rings (SSSR count). The van der Waals surface area contributed by atoms with Crippen molar-refractivity contribution in [2.24, 2.45) is 0 Å². The number of anilines is 1. The van der Waals surface area contributed by atoms with Gasteiger partial charge in [-0.05, 0) is 42.0 Å². The fraction of sp³-hybridized carbons (Fsp3) is 0.0833. The highest BCUT2D eigenvalue weighted by molar-refractivity contribution is 6.31.